The quantitative estimate of drug-likeness (QED) is 0.874. The van der Waals surface area contributed by atoms with Gasteiger partial charge in [-0.25, -0.2) is 0 Å². The van der Waals surface area contributed by atoms with E-state index in [1.807, 2.05) is 37.3 Å². The Balaban J connectivity index is 1.80. The van der Waals surface area contributed by atoms with Gasteiger partial charge < -0.3 is 19.5 Å². The second-order valence-corrected chi connectivity index (χ2v) is 5.07. The van der Waals surface area contributed by atoms with E-state index < -0.39 is 0 Å². The summed E-state index contributed by atoms with van der Waals surface area (Å²) in [5.41, 5.74) is 3.69. The molecule has 1 amide bonds. The van der Waals surface area contributed by atoms with Crippen molar-refractivity contribution in [2.24, 2.45) is 0 Å². The zero-order valence-corrected chi connectivity index (χ0v) is 11.4. The highest BCUT2D eigenvalue weighted by molar-refractivity contribution is 5.96. The Bertz CT molecular complexity index is 754. The summed E-state index contributed by atoms with van der Waals surface area (Å²) in [5.74, 6) is 2.09. The van der Waals surface area contributed by atoms with E-state index in [0.29, 0.717) is 5.69 Å². The molecule has 2 aliphatic heterocycles. The van der Waals surface area contributed by atoms with Gasteiger partial charge in [-0.05, 0) is 47.9 Å². The van der Waals surface area contributed by atoms with Crippen molar-refractivity contribution in [1.82, 2.24) is 0 Å². The van der Waals surface area contributed by atoms with Crippen molar-refractivity contribution in [2.45, 2.75) is 6.92 Å². The molecule has 0 atom stereocenters. The number of aryl methyl sites for hydroxylation is 1. The lowest BCUT2D eigenvalue weighted by molar-refractivity contribution is -0.118. The number of fused-ring (bicyclic) bond motifs is 2. The number of carbonyl (C=O) groups excluding carboxylic acids is 1. The number of ether oxygens (including phenoxy) is 3. The number of nitrogens with one attached hydrogen (secondary N) is 1. The van der Waals surface area contributed by atoms with Crippen LogP contribution in [0.2, 0.25) is 0 Å². The van der Waals surface area contributed by atoms with Gasteiger partial charge in [0.05, 0.1) is 5.69 Å². The molecule has 0 aliphatic carbocycles. The lowest BCUT2D eigenvalue weighted by Crippen LogP contribution is -2.25. The summed E-state index contributed by atoms with van der Waals surface area (Å²) < 4.78 is 16.2. The fraction of sp³-hybridized carbons (Fsp3) is 0.188. The standard InChI is InChI=1S/C16H13NO4/c1-9-4-11(5-12-16(9)19-7-15(18)17-12)10-2-3-13-14(6-10)21-8-20-13/h2-6H,7-8H2,1H3,(H,17,18). The van der Waals surface area contributed by atoms with Gasteiger partial charge in [-0.1, -0.05) is 6.07 Å². The molecular formula is C16H13NO4. The molecule has 0 unspecified atom stereocenters. The van der Waals surface area contributed by atoms with Crippen LogP contribution >= 0.6 is 0 Å². The minimum Gasteiger partial charge on any atom is -0.481 e. The van der Waals surface area contributed by atoms with E-state index >= 15 is 0 Å². The van der Waals surface area contributed by atoms with Crippen LogP contribution in [0.4, 0.5) is 5.69 Å². The molecule has 1 N–H and O–H groups in total. The second kappa shape index (κ2) is 4.41. The Morgan fingerprint density at radius 3 is 2.76 bits per heavy atom. The van der Waals surface area contributed by atoms with Crippen molar-refractivity contribution in [1.29, 1.82) is 0 Å². The SMILES string of the molecule is Cc1cc(-c2ccc3c(c2)OCO3)cc2c1OCC(=O)N2. The van der Waals surface area contributed by atoms with E-state index in [4.69, 9.17) is 14.2 Å². The highest BCUT2D eigenvalue weighted by Gasteiger charge is 2.20. The first-order valence-corrected chi connectivity index (χ1v) is 6.68. The van der Waals surface area contributed by atoms with Crippen LogP contribution in [0.1, 0.15) is 5.56 Å². The van der Waals surface area contributed by atoms with Crippen LogP contribution in [-0.4, -0.2) is 19.3 Å². The number of hydrogen-bond acceptors (Lipinski definition) is 4. The first-order chi connectivity index (χ1) is 10.2. The molecule has 5 heteroatoms. The zero-order chi connectivity index (χ0) is 14.4. The molecule has 0 saturated heterocycles. The third-order valence-corrected chi connectivity index (χ3v) is 3.60. The molecule has 0 fully saturated rings. The summed E-state index contributed by atoms with van der Waals surface area (Å²) in [4.78, 5) is 11.5. The van der Waals surface area contributed by atoms with Gasteiger partial charge in [-0.3, -0.25) is 4.79 Å². The zero-order valence-electron chi connectivity index (χ0n) is 11.4. The smallest absolute Gasteiger partial charge is 0.262 e. The van der Waals surface area contributed by atoms with Crippen molar-refractivity contribution in [3.05, 3.63) is 35.9 Å². The van der Waals surface area contributed by atoms with Crippen LogP contribution in [0.5, 0.6) is 17.2 Å². The van der Waals surface area contributed by atoms with E-state index in [2.05, 4.69) is 5.32 Å². The maximum absolute atomic E-state index is 11.5. The highest BCUT2D eigenvalue weighted by atomic mass is 16.7. The van der Waals surface area contributed by atoms with Crippen molar-refractivity contribution in [3.63, 3.8) is 0 Å². The van der Waals surface area contributed by atoms with Crippen LogP contribution in [0.25, 0.3) is 11.1 Å². The molecule has 2 heterocycles. The van der Waals surface area contributed by atoms with Crippen LogP contribution in [0.3, 0.4) is 0 Å². The van der Waals surface area contributed by atoms with E-state index in [1.165, 1.54) is 0 Å². The number of amides is 1. The predicted molar refractivity (Wildman–Crippen MR) is 76.9 cm³/mol. The molecule has 4 rings (SSSR count). The van der Waals surface area contributed by atoms with Crippen LogP contribution in [-0.2, 0) is 4.79 Å². The summed E-state index contributed by atoms with van der Waals surface area (Å²) in [6.45, 7) is 2.29. The van der Waals surface area contributed by atoms with E-state index in [0.717, 1.165) is 33.9 Å². The second-order valence-electron chi connectivity index (χ2n) is 5.07. The average Bonchev–Trinajstić information content (AvgIpc) is 2.94. The van der Waals surface area contributed by atoms with Gasteiger partial charge >= 0.3 is 0 Å². The summed E-state index contributed by atoms with van der Waals surface area (Å²) in [6.07, 6.45) is 0. The van der Waals surface area contributed by atoms with Crippen molar-refractivity contribution >= 4 is 11.6 Å². The lowest BCUT2D eigenvalue weighted by Gasteiger charge is -2.21. The number of hydrogen-bond donors (Lipinski definition) is 1. The maximum atomic E-state index is 11.5. The van der Waals surface area contributed by atoms with Gasteiger partial charge in [0.15, 0.2) is 18.1 Å². The van der Waals surface area contributed by atoms with Crippen molar-refractivity contribution < 1.29 is 19.0 Å². The molecule has 2 aliphatic rings. The van der Waals surface area contributed by atoms with Crippen molar-refractivity contribution in [3.8, 4) is 28.4 Å². The number of carbonyl (C=O) groups is 1. The molecule has 5 nitrogen and oxygen atoms in total. The van der Waals surface area contributed by atoms with Gasteiger partial charge in [0.25, 0.3) is 5.91 Å². The summed E-state index contributed by atoms with van der Waals surface area (Å²) >= 11 is 0. The number of benzene rings is 2. The normalized spacial score (nSPS) is 15.2. The summed E-state index contributed by atoms with van der Waals surface area (Å²) in [6, 6.07) is 9.75. The minimum atomic E-state index is -0.135. The van der Waals surface area contributed by atoms with Gasteiger partial charge in [0.1, 0.15) is 5.75 Å². The van der Waals surface area contributed by atoms with Crippen LogP contribution in [0.15, 0.2) is 30.3 Å². The first kappa shape index (κ1) is 12.1. The van der Waals surface area contributed by atoms with Crippen LogP contribution < -0.4 is 19.5 Å². The fourth-order valence-corrected chi connectivity index (χ4v) is 2.63. The van der Waals surface area contributed by atoms with E-state index in [1.54, 1.807) is 0 Å². The number of rotatable bonds is 1. The summed E-state index contributed by atoms with van der Waals surface area (Å²) in [7, 11) is 0. The topological polar surface area (TPSA) is 56.8 Å². The first-order valence-electron chi connectivity index (χ1n) is 6.68. The third-order valence-electron chi connectivity index (χ3n) is 3.60. The third kappa shape index (κ3) is 1.98. The average molecular weight is 283 g/mol. The van der Waals surface area contributed by atoms with Gasteiger partial charge in [-0.15, -0.1) is 0 Å². The molecule has 0 saturated carbocycles. The van der Waals surface area contributed by atoms with Gasteiger partial charge in [-0.2, -0.15) is 0 Å². The highest BCUT2D eigenvalue weighted by Crippen LogP contribution is 2.39. The molecule has 0 spiro atoms. The largest absolute Gasteiger partial charge is 0.481 e. The Morgan fingerprint density at radius 2 is 1.86 bits per heavy atom. The molecular weight excluding hydrogens is 270 g/mol. The molecule has 2 aromatic rings. The Labute approximate surface area is 121 Å². The fourth-order valence-electron chi connectivity index (χ4n) is 2.63. The molecule has 21 heavy (non-hydrogen) atoms. The van der Waals surface area contributed by atoms with Crippen LogP contribution in [0, 0.1) is 6.92 Å². The molecule has 0 aromatic heterocycles. The van der Waals surface area contributed by atoms with E-state index in [-0.39, 0.29) is 19.3 Å². The summed E-state index contributed by atoms with van der Waals surface area (Å²) in [5, 5.41) is 2.84. The Morgan fingerprint density at radius 1 is 1.00 bits per heavy atom. The lowest BCUT2D eigenvalue weighted by atomic mass is 10.0. The Kier molecular flexibility index (Phi) is 2.54. The number of anilines is 1. The Hall–Kier alpha value is -2.69. The molecule has 0 radical (unpaired) electrons. The monoisotopic (exact) mass is 283 g/mol. The van der Waals surface area contributed by atoms with Crippen molar-refractivity contribution in [2.75, 3.05) is 18.7 Å². The van der Waals surface area contributed by atoms with E-state index in [9.17, 15) is 4.79 Å². The minimum absolute atomic E-state index is 0.0667. The van der Waals surface area contributed by atoms with Gasteiger partial charge in [0.2, 0.25) is 6.79 Å². The predicted octanol–water partition coefficient (Wildman–Crippen LogP) is 2.72. The molecule has 106 valence electrons. The molecule has 2 aromatic carbocycles. The maximum Gasteiger partial charge on any atom is 0.262 e. The molecule has 0 bridgehead atoms. The van der Waals surface area contributed by atoms with Gasteiger partial charge in [0, 0.05) is 0 Å².